The first kappa shape index (κ1) is 18.4. The van der Waals surface area contributed by atoms with Crippen molar-refractivity contribution in [2.24, 2.45) is 0 Å². The molecular weight excluding hydrogens is 375 g/mol. The number of nitrogens with zero attached hydrogens (tertiary/aromatic N) is 1. The lowest BCUT2D eigenvalue weighted by Gasteiger charge is -2.10. The van der Waals surface area contributed by atoms with Crippen molar-refractivity contribution in [2.75, 3.05) is 0 Å². The standard InChI is InChI=1S/C14H8Cl2F4N2O2/c15-9-3-1-2-8(12(9)17)13(23)22-24-6-11-10(16)4-7(5-21-11)14(18,19)20/h1-5H,6H2,(H,22,23). The van der Waals surface area contributed by atoms with Crippen LogP contribution in [0.5, 0.6) is 0 Å². The molecule has 1 amide bonds. The number of halogens is 6. The molecule has 0 bridgehead atoms. The number of nitrogens with one attached hydrogen (secondary N) is 1. The highest BCUT2D eigenvalue weighted by atomic mass is 35.5. The predicted octanol–water partition coefficient (Wildman–Crippen LogP) is 4.41. The molecule has 1 aromatic carbocycles. The van der Waals surface area contributed by atoms with Gasteiger partial charge < -0.3 is 0 Å². The van der Waals surface area contributed by atoms with Crippen molar-refractivity contribution in [2.45, 2.75) is 12.8 Å². The molecule has 10 heteroatoms. The smallest absolute Gasteiger partial charge is 0.267 e. The minimum atomic E-state index is -4.58. The average molecular weight is 383 g/mol. The van der Waals surface area contributed by atoms with Crippen molar-refractivity contribution in [1.82, 2.24) is 10.5 Å². The molecule has 0 aliphatic carbocycles. The highest BCUT2D eigenvalue weighted by molar-refractivity contribution is 6.31. The van der Waals surface area contributed by atoms with E-state index in [9.17, 15) is 22.4 Å². The van der Waals surface area contributed by atoms with Crippen molar-refractivity contribution >= 4 is 29.1 Å². The summed E-state index contributed by atoms with van der Waals surface area (Å²) >= 11 is 11.2. The van der Waals surface area contributed by atoms with Crippen LogP contribution in [0.25, 0.3) is 0 Å². The van der Waals surface area contributed by atoms with Crippen molar-refractivity contribution < 1.29 is 27.2 Å². The summed E-state index contributed by atoms with van der Waals surface area (Å²) in [4.78, 5) is 20.1. The number of carbonyl (C=O) groups is 1. The van der Waals surface area contributed by atoms with E-state index in [1.807, 2.05) is 5.48 Å². The number of hydrogen-bond acceptors (Lipinski definition) is 3. The maximum atomic E-state index is 13.6. The van der Waals surface area contributed by atoms with Gasteiger partial charge in [0.1, 0.15) is 6.61 Å². The van der Waals surface area contributed by atoms with E-state index in [1.165, 1.54) is 18.2 Å². The van der Waals surface area contributed by atoms with Crippen LogP contribution < -0.4 is 5.48 Å². The summed E-state index contributed by atoms with van der Waals surface area (Å²) in [7, 11) is 0. The highest BCUT2D eigenvalue weighted by Crippen LogP contribution is 2.31. The third kappa shape index (κ3) is 4.34. The molecule has 0 saturated carbocycles. The first-order valence-electron chi connectivity index (χ1n) is 6.28. The minimum absolute atomic E-state index is 0.0310. The molecule has 4 nitrogen and oxygen atoms in total. The molecule has 1 heterocycles. The summed E-state index contributed by atoms with van der Waals surface area (Å²) in [5.74, 6) is -1.84. The van der Waals surface area contributed by atoms with Crippen LogP contribution in [0.1, 0.15) is 21.6 Å². The van der Waals surface area contributed by atoms with E-state index in [1.54, 1.807) is 0 Å². The largest absolute Gasteiger partial charge is 0.417 e. The van der Waals surface area contributed by atoms with Crippen LogP contribution in [-0.2, 0) is 17.6 Å². The van der Waals surface area contributed by atoms with E-state index in [0.29, 0.717) is 12.3 Å². The van der Waals surface area contributed by atoms with Crippen LogP contribution in [0.3, 0.4) is 0 Å². The Morgan fingerprint density at radius 1 is 1.25 bits per heavy atom. The number of amides is 1. The van der Waals surface area contributed by atoms with Crippen molar-refractivity contribution in [3.8, 4) is 0 Å². The van der Waals surface area contributed by atoms with Gasteiger partial charge in [-0.15, -0.1) is 0 Å². The quantitative estimate of drug-likeness (QED) is 0.629. The first-order valence-corrected chi connectivity index (χ1v) is 7.03. The van der Waals surface area contributed by atoms with Gasteiger partial charge in [0.25, 0.3) is 5.91 Å². The van der Waals surface area contributed by atoms with Gasteiger partial charge in [-0.25, -0.2) is 9.87 Å². The molecule has 0 atom stereocenters. The van der Waals surface area contributed by atoms with Crippen LogP contribution in [-0.4, -0.2) is 10.9 Å². The number of benzene rings is 1. The lowest BCUT2D eigenvalue weighted by atomic mass is 10.2. The van der Waals surface area contributed by atoms with Gasteiger partial charge in [0.05, 0.1) is 26.9 Å². The Balaban J connectivity index is 1.99. The summed E-state index contributed by atoms with van der Waals surface area (Å²) in [6, 6.07) is 4.50. The lowest BCUT2D eigenvalue weighted by molar-refractivity contribution is -0.137. The molecule has 0 aliphatic rings. The van der Waals surface area contributed by atoms with E-state index in [0.717, 1.165) is 0 Å². The number of hydrogen-bond donors (Lipinski definition) is 1. The molecule has 0 fully saturated rings. The van der Waals surface area contributed by atoms with Crippen LogP contribution >= 0.6 is 23.2 Å². The maximum absolute atomic E-state index is 13.6. The second-order valence-electron chi connectivity index (χ2n) is 4.47. The van der Waals surface area contributed by atoms with Gasteiger partial charge in [-0.05, 0) is 18.2 Å². The van der Waals surface area contributed by atoms with E-state index >= 15 is 0 Å². The Morgan fingerprint density at radius 2 is 1.96 bits per heavy atom. The van der Waals surface area contributed by atoms with Gasteiger partial charge in [-0.2, -0.15) is 13.2 Å². The summed E-state index contributed by atoms with van der Waals surface area (Å²) in [5.41, 5.74) is 0.533. The molecule has 0 saturated heterocycles. The fourth-order valence-electron chi connectivity index (χ4n) is 1.63. The zero-order valence-electron chi connectivity index (χ0n) is 11.6. The van der Waals surface area contributed by atoms with Gasteiger partial charge in [-0.1, -0.05) is 29.3 Å². The second-order valence-corrected chi connectivity index (χ2v) is 5.29. The number of aromatic nitrogens is 1. The molecular formula is C14H8Cl2F4N2O2. The fraction of sp³-hybridized carbons (Fsp3) is 0.143. The second kappa shape index (κ2) is 7.33. The van der Waals surface area contributed by atoms with E-state index < -0.39 is 30.1 Å². The third-order valence-corrected chi connectivity index (χ3v) is 3.43. The molecule has 128 valence electrons. The summed E-state index contributed by atoms with van der Waals surface area (Å²) in [5, 5.41) is -0.525. The Bertz CT molecular complexity index is 769. The van der Waals surface area contributed by atoms with Gasteiger partial charge in [0.2, 0.25) is 0 Å². The minimum Gasteiger partial charge on any atom is -0.267 e. The Kier molecular flexibility index (Phi) is 5.63. The Hall–Kier alpha value is -1.90. The SMILES string of the molecule is O=C(NOCc1ncc(C(F)(F)F)cc1Cl)c1cccc(Cl)c1F. The van der Waals surface area contributed by atoms with Gasteiger partial charge >= 0.3 is 6.18 Å². The summed E-state index contributed by atoms with van der Waals surface area (Å²) in [6.07, 6.45) is -3.99. The summed E-state index contributed by atoms with van der Waals surface area (Å²) < 4.78 is 51.1. The average Bonchev–Trinajstić information content (AvgIpc) is 2.50. The Morgan fingerprint density at radius 3 is 2.58 bits per heavy atom. The molecule has 2 aromatic rings. The third-order valence-electron chi connectivity index (χ3n) is 2.81. The van der Waals surface area contributed by atoms with Gasteiger partial charge in [0.15, 0.2) is 5.82 Å². The van der Waals surface area contributed by atoms with Gasteiger partial charge in [0, 0.05) is 6.20 Å². The topological polar surface area (TPSA) is 51.2 Å². The number of pyridine rings is 1. The number of alkyl halides is 3. The Labute approximate surface area is 143 Å². The van der Waals surface area contributed by atoms with Gasteiger partial charge in [-0.3, -0.25) is 14.6 Å². The molecule has 0 radical (unpaired) electrons. The van der Waals surface area contributed by atoms with E-state index in [4.69, 9.17) is 28.0 Å². The number of rotatable bonds is 4. The zero-order valence-corrected chi connectivity index (χ0v) is 13.1. The maximum Gasteiger partial charge on any atom is 0.417 e. The molecule has 2 rings (SSSR count). The normalized spacial score (nSPS) is 11.4. The van der Waals surface area contributed by atoms with Crippen molar-refractivity contribution in [3.63, 3.8) is 0 Å². The predicted molar refractivity (Wildman–Crippen MR) is 77.9 cm³/mol. The summed E-state index contributed by atoms with van der Waals surface area (Å²) in [6.45, 7) is -0.412. The van der Waals surface area contributed by atoms with Crippen LogP contribution in [0.2, 0.25) is 10.0 Å². The molecule has 0 spiro atoms. The van der Waals surface area contributed by atoms with Crippen molar-refractivity contribution in [3.05, 3.63) is 63.1 Å². The van der Waals surface area contributed by atoms with Crippen molar-refractivity contribution in [1.29, 1.82) is 0 Å². The lowest BCUT2D eigenvalue weighted by Crippen LogP contribution is -2.25. The number of carbonyl (C=O) groups excluding carboxylic acids is 1. The van der Waals surface area contributed by atoms with E-state index in [-0.39, 0.29) is 21.3 Å². The molecule has 0 unspecified atom stereocenters. The zero-order chi connectivity index (χ0) is 17.9. The fourth-order valence-corrected chi connectivity index (χ4v) is 2.03. The monoisotopic (exact) mass is 382 g/mol. The van der Waals surface area contributed by atoms with Crippen LogP contribution in [0, 0.1) is 5.82 Å². The molecule has 1 aromatic heterocycles. The molecule has 0 aliphatic heterocycles. The highest BCUT2D eigenvalue weighted by Gasteiger charge is 2.31. The first-order chi connectivity index (χ1) is 11.2. The van der Waals surface area contributed by atoms with Crippen LogP contribution in [0.4, 0.5) is 17.6 Å². The van der Waals surface area contributed by atoms with E-state index in [2.05, 4.69) is 4.98 Å². The number of hydroxylamine groups is 1. The molecule has 1 N–H and O–H groups in total. The van der Waals surface area contributed by atoms with Crippen LogP contribution in [0.15, 0.2) is 30.5 Å². The molecule has 24 heavy (non-hydrogen) atoms.